The number of benzene rings is 8. The van der Waals surface area contributed by atoms with E-state index in [1.54, 1.807) is 0 Å². The summed E-state index contributed by atoms with van der Waals surface area (Å²) in [6.07, 6.45) is 0. The number of nitrogens with zero attached hydrogens (tertiary/aromatic N) is 1. The van der Waals surface area contributed by atoms with Crippen LogP contribution in [0.25, 0.3) is 82.1 Å². The fraction of sp³-hybridized carbons (Fsp3) is 0. The lowest BCUT2D eigenvalue weighted by Gasteiger charge is -2.22. The van der Waals surface area contributed by atoms with Gasteiger partial charge in [-0.1, -0.05) is 115 Å². The molecule has 0 unspecified atom stereocenters. The van der Waals surface area contributed by atoms with Crippen molar-refractivity contribution in [2.45, 2.75) is 0 Å². The average Bonchev–Trinajstić information content (AvgIpc) is 3.40. The molecule has 0 bridgehead atoms. The van der Waals surface area contributed by atoms with Gasteiger partial charge in [-0.15, -0.1) is 0 Å². The molecule has 2 heterocycles. The van der Waals surface area contributed by atoms with Crippen LogP contribution >= 0.6 is 0 Å². The Kier molecular flexibility index (Phi) is 4.75. The highest BCUT2D eigenvalue weighted by Crippen LogP contribution is 2.50. The van der Waals surface area contributed by atoms with Gasteiger partial charge in [-0.2, -0.15) is 0 Å². The summed E-state index contributed by atoms with van der Waals surface area (Å²) in [5.41, 5.74) is 8.40. The molecule has 0 N–H and O–H groups in total. The quantitative estimate of drug-likeness (QED) is 0.205. The van der Waals surface area contributed by atoms with Gasteiger partial charge < -0.3 is 9.30 Å². The van der Waals surface area contributed by atoms with Crippen molar-refractivity contribution < 1.29 is 4.74 Å². The van der Waals surface area contributed by atoms with Crippen molar-refractivity contribution in [1.29, 1.82) is 0 Å². The first-order chi connectivity index (χ1) is 21.8. The highest BCUT2D eigenvalue weighted by Gasteiger charge is 2.23. The summed E-state index contributed by atoms with van der Waals surface area (Å²) in [5.74, 6) is 1.82. The van der Waals surface area contributed by atoms with Crippen molar-refractivity contribution in [1.82, 2.24) is 4.57 Å². The van der Waals surface area contributed by atoms with Crippen LogP contribution in [0.1, 0.15) is 0 Å². The number of fused-ring (bicyclic) bond motifs is 7. The fourth-order valence-electron chi connectivity index (χ4n) is 7.46. The molecule has 44 heavy (non-hydrogen) atoms. The number of rotatable bonds is 2. The van der Waals surface area contributed by atoms with E-state index in [-0.39, 0.29) is 0 Å². The van der Waals surface area contributed by atoms with E-state index in [2.05, 4.69) is 150 Å². The maximum atomic E-state index is 6.45. The van der Waals surface area contributed by atoms with Gasteiger partial charge in [0.25, 0.3) is 0 Å². The predicted molar refractivity (Wildman–Crippen MR) is 184 cm³/mol. The first-order valence-electron chi connectivity index (χ1n) is 15.1. The third kappa shape index (κ3) is 3.20. The van der Waals surface area contributed by atoms with Crippen LogP contribution in [-0.4, -0.2) is 4.57 Å². The average molecular weight is 560 g/mol. The summed E-state index contributed by atoms with van der Waals surface area (Å²) in [6.45, 7) is 0. The molecule has 0 saturated carbocycles. The van der Waals surface area contributed by atoms with Crippen molar-refractivity contribution in [3.05, 3.63) is 152 Å². The molecule has 2 nitrogen and oxygen atoms in total. The highest BCUT2D eigenvalue weighted by atomic mass is 16.5. The molecule has 1 aliphatic heterocycles. The molecule has 1 aliphatic rings. The minimum absolute atomic E-state index is 0.910. The molecule has 10 rings (SSSR count). The molecule has 0 aliphatic carbocycles. The van der Waals surface area contributed by atoms with Crippen LogP contribution in [0, 0.1) is 0 Å². The Labute approximate surface area is 254 Å². The van der Waals surface area contributed by atoms with Crippen molar-refractivity contribution in [2.24, 2.45) is 0 Å². The lowest BCUT2D eigenvalue weighted by atomic mass is 9.89. The Morgan fingerprint density at radius 2 is 1.02 bits per heavy atom. The molecule has 204 valence electrons. The number of ether oxygens (including phenoxy) is 1. The first kappa shape index (κ1) is 23.7. The van der Waals surface area contributed by atoms with E-state index in [1.807, 2.05) is 6.07 Å². The summed E-state index contributed by atoms with van der Waals surface area (Å²) in [7, 11) is 0. The molecule has 8 aromatic carbocycles. The maximum Gasteiger partial charge on any atom is 0.135 e. The fourth-order valence-corrected chi connectivity index (χ4v) is 7.46. The summed E-state index contributed by atoms with van der Waals surface area (Å²) in [6, 6.07) is 54.9. The normalized spacial score (nSPS) is 12.3. The first-order valence-corrected chi connectivity index (χ1v) is 15.1. The highest BCUT2D eigenvalue weighted by molar-refractivity contribution is 6.22. The second kappa shape index (κ2) is 8.82. The SMILES string of the molecule is c1ccc2c(c1)Oc1ccc(-c3cccc4c3c3cc5ccccc5cc3n4-c3cccc4ccccc34)c3cccc-2c13. The van der Waals surface area contributed by atoms with Crippen LogP contribution in [0.2, 0.25) is 0 Å². The maximum absolute atomic E-state index is 6.45. The van der Waals surface area contributed by atoms with Crippen LogP contribution in [-0.2, 0) is 0 Å². The van der Waals surface area contributed by atoms with Gasteiger partial charge in [0.1, 0.15) is 11.5 Å². The van der Waals surface area contributed by atoms with Crippen LogP contribution in [0.15, 0.2) is 152 Å². The van der Waals surface area contributed by atoms with Crippen molar-refractivity contribution >= 4 is 54.1 Å². The van der Waals surface area contributed by atoms with E-state index in [4.69, 9.17) is 4.74 Å². The van der Waals surface area contributed by atoms with E-state index in [0.717, 1.165) is 17.1 Å². The molecule has 0 fully saturated rings. The minimum atomic E-state index is 0.910. The largest absolute Gasteiger partial charge is 0.456 e. The summed E-state index contributed by atoms with van der Waals surface area (Å²) in [5, 5.41) is 9.85. The topological polar surface area (TPSA) is 14.2 Å². The van der Waals surface area contributed by atoms with E-state index < -0.39 is 0 Å². The standard InChI is InChI=1S/C42H25NO/c1-2-12-28-25-38-35(24-27(28)11-1)41-32(18-9-20-37(41)43(38)36-19-7-13-26-10-3-4-14-29(26)36)30-22-23-40-42-33(30)16-8-17-34(42)31-15-5-6-21-39(31)44-40/h1-25H. The molecule has 0 radical (unpaired) electrons. The molecular formula is C42H25NO. The van der Waals surface area contributed by atoms with Gasteiger partial charge in [0.05, 0.1) is 16.7 Å². The Balaban J connectivity index is 1.35. The second-order valence-electron chi connectivity index (χ2n) is 11.7. The minimum Gasteiger partial charge on any atom is -0.456 e. The zero-order chi connectivity index (χ0) is 28.8. The molecular weight excluding hydrogens is 534 g/mol. The number of aromatic nitrogens is 1. The van der Waals surface area contributed by atoms with Crippen LogP contribution in [0.4, 0.5) is 0 Å². The molecule has 0 amide bonds. The van der Waals surface area contributed by atoms with Crippen molar-refractivity contribution in [3.8, 4) is 39.4 Å². The van der Waals surface area contributed by atoms with E-state index in [1.165, 1.54) is 76.5 Å². The van der Waals surface area contributed by atoms with Gasteiger partial charge in [-0.25, -0.2) is 0 Å². The Bertz CT molecular complexity index is 2640. The Morgan fingerprint density at radius 1 is 0.364 bits per heavy atom. The Hall–Kier alpha value is -5.86. The molecule has 0 spiro atoms. The van der Waals surface area contributed by atoms with Gasteiger partial charge in [0.15, 0.2) is 0 Å². The third-order valence-corrected chi connectivity index (χ3v) is 9.35. The molecule has 2 heteroatoms. The lowest BCUT2D eigenvalue weighted by molar-refractivity contribution is 0.487. The third-order valence-electron chi connectivity index (χ3n) is 9.35. The van der Waals surface area contributed by atoms with Gasteiger partial charge >= 0.3 is 0 Å². The zero-order valence-electron chi connectivity index (χ0n) is 23.8. The summed E-state index contributed by atoms with van der Waals surface area (Å²) < 4.78 is 8.91. The van der Waals surface area contributed by atoms with E-state index >= 15 is 0 Å². The molecule has 0 saturated heterocycles. The van der Waals surface area contributed by atoms with E-state index in [0.29, 0.717) is 0 Å². The van der Waals surface area contributed by atoms with E-state index in [9.17, 15) is 0 Å². The van der Waals surface area contributed by atoms with Crippen molar-refractivity contribution in [3.63, 3.8) is 0 Å². The number of para-hydroxylation sites is 1. The monoisotopic (exact) mass is 559 g/mol. The van der Waals surface area contributed by atoms with Crippen LogP contribution in [0.3, 0.4) is 0 Å². The molecule has 1 aromatic heterocycles. The summed E-state index contributed by atoms with van der Waals surface area (Å²) in [4.78, 5) is 0. The predicted octanol–water partition coefficient (Wildman–Crippen LogP) is 11.7. The number of hydrogen-bond donors (Lipinski definition) is 0. The molecule has 9 aromatic rings. The van der Waals surface area contributed by atoms with Crippen molar-refractivity contribution in [2.75, 3.05) is 0 Å². The van der Waals surface area contributed by atoms with Crippen LogP contribution in [0.5, 0.6) is 11.5 Å². The summed E-state index contributed by atoms with van der Waals surface area (Å²) >= 11 is 0. The van der Waals surface area contributed by atoms with Gasteiger partial charge in [0.2, 0.25) is 0 Å². The van der Waals surface area contributed by atoms with Gasteiger partial charge in [0, 0.05) is 27.1 Å². The van der Waals surface area contributed by atoms with Gasteiger partial charge in [-0.3, -0.25) is 0 Å². The van der Waals surface area contributed by atoms with Gasteiger partial charge in [-0.05, 0) is 74.6 Å². The zero-order valence-corrected chi connectivity index (χ0v) is 23.8. The second-order valence-corrected chi connectivity index (χ2v) is 11.7. The lowest BCUT2D eigenvalue weighted by Crippen LogP contribution is -1.97. The molecule has 0 atom stereocenters. The Morgan fingerprint density at radius 3 is 1.93 bits per heavy atom. The smallest absolute Gasteiger partial charge is 0.135 e. The van der Waals surface area contributed by atoms with Crippen LogP contribution < -0.4 is 4.74 Å². The number of hydrogen-bond acceptors (Lipinski definition) is 1.